The van der Waals surface area contributed by atoms with Gasteiger partial charge in [0.1, 0.15) is 13.2 Å². The van der Waals surface area contributed by atoms with Crippen molar-refractivity contribution in [1.29, 1.82) is 0 Å². The molecule has 1 atom stereocenters. The lowest BCUT2D eigenvalue weighted by Gasteiger charge is -2.18. The summed E-state index contributed by atoms with van der Waals surface area (Å²) in [5.74, 6) is -1.07. The Hall–Kier alpha value is -3.93. The van der Waals surface area contributed by atoms with Crippen LogP contribution in [0.3, 0.4) is 0 Å². The van der Waals surface area contributed by atoms with Crippen molar-refractivity contribution >= 4 is 17.9 Å². The number of rotatable bonds is 43. The lowest BCUT2D eigenvalue weighted by Crippen LogP contribution is -2.30. The van der Waals surface area contributed by atoms with E-state index in [1.54, 1.807) is 6.08 Å². The average Bonchev–Trinajstić information content (AvgIpc) is 3.27. The van der Waals surface area contributed by atoms with Crippen LogP contribution in [0.25, 0.3) is 0 Å². The minimum absolute atomic E-state index is 0.0936. The molecule has 0 saturated carbocycles. The maximum absolute atomic E-state index is 12.7. The summed E-state index contributed by atoms with van der Waals surface area (Å²) in [5.41, 5.74) is 0. The third kappa shape index (κ3) is 47.1. The summed E-state index contributed by atoms with van der Waals surface area (Å²) >= 11 is 0. The third-order valence-corrected chi connectivity index (χ3v) is 10.1. The highest BCUT2D eigenvalue weighted by Gasteiger charge is 2.19. The van der Waals surface area contributed by atoms with Gasteiger partial charge in [-0.2, -0.15) is 0 Å². The second kappa shape index (κ2) is 49.7. The summed E-state index contributed by atoms with van der Waals surface area (Å²) < 4.78 is 16.6. The van der Waals surface area contributed by atoms with Crippen LogP contribution in [0.4, 0.5) is 0 Å². The predicted molar refractivity (Wildman–Crippen MR) is 265 cm³/mol. The van der Waals surface area contributed by atoms with Gasteiger partial charge in [-0.1, -0.05) is 214 Å². The highest BCUT2D eigenvalue weighted by molar-refractivity contribution is 5.72. The molecule has 0 heterocycles. The number of carbonyl (C=O) groups excluding carboxylic acids is 3. The van der Waals surface area contributed by atoms with E-state index in [9.17, 15) is 14.4 Å². The summed E-state index contributed by atoms with van der Waals surface area (Å²) in [4.78, 5) is 37.6. The highest BCUT2D eigenvalue weighted by Crippen LogP contribution is 2.13. The molecule has 0 aromatic rings. The Balaban J connectivity index is 4.30. The first kappa shape index (κ1) is 58.1. The number of hydrogen-bond donors (Lipinski definition) is 0. The van der Waals surface area contributed by atoms with Crippen molar-refractivity contribution < 1.29 is 28.6 Å². The molecule has 1 unspecified atom stereocenters. The zero-order chi connectivity index (χ0) is 45.1. The molecule has 0 radical (unpaired) electrons. The number of allylic oxidation sites excluding steroid dienone is 17. The Kier molecular flexibility index (Phi) is 46.6. The van der Waals surface area contributed by atoms with Gasteiger partial charge < -0.3 is 14.2 Å². The van der Waals surface area contributed by atoms with E-state index >= 15 is 0 Å². The van der Waals surface area contributed by atoms with Gasteiger partial charge in [0, 0.05) is 12.8 Å². The van der Waals surface area contributed by atoms with Gasteiger partial charge in [0.05, 0.1) is 6.42 Å². The van der Waals surface area contributed by atoms with E-state index in [1.807, 2.05) is 6.08 Å². The quantitative estimate of drug-likeness (QED) is 0.0263. The fourth-order valence-corrected chi connectivity index (χ4v) is 6.39. The normalized spacial score (nSPS) is 13.0. The van der Waals surface area contributed by atoms with Crippen LogP contribution in [0, 0.1) is 0 Å². The Morgan fingerprint density at radius 2 is 0.677 bits per heavy atom. The molecule has 0 aliphatic rings. The van der Waals surface area contributed by atoms with Crippen LogP contribution in [0.2, 0.25) is 0 Å². The Morgan fingerprint density at radius 3 is 1.06 bits per heavy atom. The largest absolute Gasteiger partial charge is 0.462 e. The lowest BCUT2D eigenvalue weighted by molar-refractivity contribution is -0.166. The molecule has 0 bridgehead atoms. The van der Waals surface area contributed by atoms with Crippen LogP contribution in [-0.4, -0.2) is 37.2 Å². The molecule has 0 N–H and O–H groups in total. The smallest absolute Gasteiger partial charge is 0.310 e. The van der Waals surface area contributed by atoms with Crippen LogP contribution >= 0.6 is 0 Å². The lowest BCUT2D eigenvalue weighted by atomic mass is 10.1. The molecular formula is C56H90O6. The minimum atomic E-state index is -0.831. The Bertz CT molecular complexity index is 1310. The van der Waals surface area contributed by atoms with Gasteiger partial charge in [0.25, 0.3) is 0 Å². The molecule has 0 rings (SSSR count). The molecule has 6 nitrogen and oxygen atoms in total. The number of esters is 3. The van der Waals surface area contributed by atoms with Gasteiger partial charge in [-0.25, -0.2) is 0 Å². The van der Waals surface area contributed by atoms with E-state index < -0.39 is 12.1 Å². The van der Waals surface area contributed by atoms with Gasteiger partial charge in [0.15, 0.2) is 6.10 Å². The van der Waals surface area contributed by atoms with Gasteiger partial charge in [0.2, 0.25) is 0 Å². The molecule has 6 heteroatoms. The van der Waals surface area contributed by atoms with E-state index in [4.69, 9.17) is 14.2 Å². The molecular weight excluding hydrogens is 769 g/mol. The zero-order valence-electron chi connectivity index (χ0n) is 39.8. The van der Waals surface area contributed by atoms with Gasteiger partial charge >= 0.3 is 17.9 Å². The van der Waals surface area contributed by atoms with Crippen LogP contribution in [0.1, 0.15) is 207 Å². The monoisotopic (exact) mass is 859 g/mol. The van der Waals surface area contributed by atoms with E-state index in [1.165, 1.54) is 70.6 Å². The molecule has 0 aromatic carbocycles. The standard InChI is InChI=1S/C56H90O6/c1-4-7-10-13-16-18-20-22-24-25-26-27-28-29-30-31-33-34-36-38-40-43-46-49-55(58)61-52-53(51-60-54(57)48-45-42-15-12-9-6-3)62-56(59)50-47-44-41-39-37-35-32-23-21-19-17-14-11-8-5-2/h7-8,10-11,16-19,22-24,26-27,32,37,39,44,47,53H,4-6,9,12-15,20-21,25,28-31,33-36,38,40-43,45-46,48-52H2,1-3H3/b10-7-,11-8-,18-16-,19-17-,24-22-,27-26-,32-23-,39-37-,47-44-. The first-order valence-corrected chi connectivity index (χ1v) is 24.9. The Morgan fingerprint density at radius 1 is 0.355 bits per heavy atom. The zero-order valence-corrected chi connectivity index (χ0v) is 39.8. The van der Waals surface area contributed by atoms with Gasteiger partial charge in [-0.15, -0.1) is 0 Å². The summed E-state index contributed by atoms with van der Waals surface area (Å²) in [7, 11) is 0. The van der Waals surface area contributed by atoms with E-state index in [0.29, 0.717) is 12.8 Å². The van der Waals surface area contributed by atoms with Crippen molar-refractivity contribution in [2.45, 2.75) is 213 Å². The van der Waals surface area contributed by atoms with Crippen LogP contribution in [0.5, 0.6) is 0 Å². The maximum Gasteiger partial charge on any atom is 0.310 e. The molecule has 0 saturated heterocycles. The summed E-state index contributed by atoms with van der Waals surface area (Å²) in [6.07, 6.45) is 67.0. The molecule has 62 heavy (non-hydrogen) atoms. The number of hydrogen-bond acceptors (Lipinski definition) is 6. The molecule has 350 valence electrons. The second-order valence-electron chi connectivity index (χ2n) is 16.0. The molecule has 0 spiro atoms. The van der Waals surface area contributed by atoms with Crippen molar-refractivity contribution in [3.8, 4) is 0 Å². The SMILES string of the molecule is CC/C=C\C/C=C\C/C=C\C/C=C\C/C=C\CC(=O)OC(COC(=O)CCCCCCCC)COC(=O)CCCCCCCCCCCC/C=C\C/C=C\C/C=C\C/C=C\CC. The van der Waals surface area contributed by atoms with E-state index in [-0.39, 0.29) is 31.6 Å². The van der Waals surface area contributed by atoms with Crippen molar-refractivity contribution in [2.75, 3.05) is 13.2 Å². The van der Waals surface area contributed by atoms with E-state index in [2.05, 4.69) is 118 Å². The number of unbranched alkanes of at least 4 members (excludes halogenated alkanes) is 15. The molecule has 0 amide bonds. The minimum Gasteiger partial charge on any atom is -0.462 e. The third-order valence-electron chi connectivity index (χ3n) is 10.1. The van der Waals surface area contributed by atoms with Crippen molar-refractivity contribution in [3.05, 3.63) is 109 Å². The molecule has 0 aromatic heterocycles. The molecule has 0 aliphatic carbocycles. The van der Waals surface area contributed by atoms with E-state index in [0.717, 1.165) is 96.3 Å². The summed E-state index contributed by atoms with van der Waals surface area (Å²) in [5, 5.41) is 0. The number of carbonyl (C=O) groups is 3. The highest BCUT2D eigenvalue weighted by atomic mass is 16.6. The van der Waals surface area contributed by atoms with Crippen molar-refractivity contribution in [1.82, 2.24) is 0 Å². The summed E-state index contributed by atoms with van der Waals surface area (Å²) in [6, 6.07) is 0. The topological polar surface area (TPSA) is 78.9 Å². The summed E-state index contributed by atoms with van der Waals surface area (Å²) in [6.45, 7) is 6.24. The molecule has 0 fully saturated rings. The maximum atomic E-state index is 12.7. The van der Waals surface area contributed by atoms with Gasteiger partial charge in [-0.3, -0.25) is 14.4 Å². The van der Waals surface area contributed by atoms with Crippen molar-refractivity contribution in [3.63, 3.8) is 0 Å². The second-order valence-corrected chi connectivity index (χ2v) is 16.0. The van der Waals surface area contributed by atoms with Crippen LogP contribution < -0.4 is 0 Å². The first-order chi connectivity index (χ1) is 30.5. The average molecular weight is 859 g/mol. The van der Waals surface area contributed by atoms with Crippen LogP contribution in [-0.2, 0) is 28.6 Å². The van der Waals surface area contributed by atoms with Crippen molar-refractivity contribution in [2.24, 2.45) is 0 Å². The Labute approximate surface area is 380 Å². The predicted octanol–water partition coefficient (Wildman–Crippen LogP) is 16.4. The fourth-order valence-electron chi connectivity index (χ4n) is 6.39. The molecule has 0 aliphatic heterocycles. The number of ether oxygens (including phenoxy) is 3. The van der Waals surface area contributed by atoms with Gasteiger partial charge in [-0.05, 0) is 83.5 Å². The van der Waals surface area contributed by atoms with Crippen LogP contribution in [0.15, 0.2) is 109 Å². The fraction of sp³-hybridized carbons (Fsp3) is 0.625. The first-order valence-electron chi connectivity index (χ1n) is 24.9.